The maximum Gasteiger partial charge on any atom is 0.253 e. The fourth-order valence-electron chi connectivity index (χ4n) is 3.82. The van der Waals surface area contributed by atoms with Gasteiger partial charge < -0.3 is 20.5 Å². The zero-order valence-corrected chi connectivity index (χ0v) is 16.8. The van der Waals surface area contributed by atoms with Crippen LogP contribution in [0.1, 0.15) is 30.1 Å². The van der Waals surface area contributed by atoms with Crippen molar-refractivity contribution in [2.24, 2.45) is 5.92 Å². The molecule has 1 fully saturated rings. The Hall–Kier alpha value is -3.61. The molecule has 2 aromatic carbocycles. The molecule has 30 heavy (non-hydrogen) atoms. The van der Waals surface area contributed by atoms with Crippen molar-refractivity contribution < 1.29 is 14.4 Å². The van der Waals surface area contributed by atoms with Crippen LogP contribution in [0.25, 0.3) is 10.9 Å². The first kappa shape index (κ1) is 19.7. The standard InChI is InChI=1S/C23H24N4O3/c1-15(28)25-19-6-8-20(9-7-19)26-22(29)18-3-2-12-27(14-18)23(30)17-5-4-16-10-11-24-21(16)13-17/h4-11,13,18,24H,2-3,12,14H2,1H3,(H,25,28)(H,26,29)/t18-/m0/s1. The molecule has 1 aromatic heterocycles. The lowest BCUT2D eigenvalue weighted by molar-refractivity contribution is -0.121. The van der Waals surface area contributed by atoms with Gasteiger partial charge in [-0.05, 0) is 60.7 Å². The summed E-state index contributed by atoms with van der Waals surface area (Å²) in [6.07, 6.45) is 3.38. The summed E-state index contributed by atoms with van der Waals surface area (Å²) < 4.78 is 0. The van der Waals surface area contributed by atoms with Crippen molar-refractivity contribution in [3.05, 3.63) is 60.3 Å². The zero-order chi connectivity index (χ0) is 21.1. The van der Waals surface area contributed by atoms with Gasteiger partial charge in [0.1, 0.15) is 0 Å². The predicted octanol–water partition coefficient (Wildman–Crippen LogP) is 3.62. The van der Waals surface area contributed by atoms with Gasteiger partial charge in [0.05, 0.1) is 5.92 Å². The topological polar surface area (TPSA) is 94.3 Å². The Bertz CT molecular complexity index is 1090. The minimum absolute atomic E-state index is 0.0522. The molecule has 7 nitrogen and oxygen atoms in total. The van der Waals surface area contributed by atoms with Crippen molar-refractivity contribution in [1.82, 2.24) is 9.88 Å². The summed E-state index contributed by atoms with van der Waals surface area (Å²) >= 11 is 0. The third-order valence-corrected chi connectivity index (χ3v) is 5.35. The number of amides is 3. The lowest BCUT2D eigenvalue weighted by atomic mass is 9.96. The van der Waals surface area contributed by atoms with Gasteiger partial charge >= 0.3 is 0 Å². The van der Waals surface area contributed by atoms with Crippen LogP contribution in [-0.4, -0.2) is 40.7 Å². The van der Waals surface area contributed by atoms with Crippen molar-refractivity contribution in [1.29, 1.82) is 0 Å². The molecule has 154 valence electrons. The summed E-state index contributed by atoms with van der Waals surface area (Å²) in [7, 11) is 0. The summed E-state index contributed by atoms with van der Waals surface area (Å²) in [6, 6.07) is 14.6. The Kier molecular flexibility index (Phi) is 5.52. The van der Waals surface area contributed by atoms with Crippen LogP contribution in [0, 0.1) is 5.92 Å². The van der Waals surface area contributed by atoms with E-state index in [1.165, 1.54) is 6.92 Å². The summed E-state index contributed by atoms with van der Waals surface area (Å²) in [5.74, 6) is -0.552. The molecule has 0 saturated carbocycles. The van der Waals surface area contributed by atoms with Crippen LogP contribution < -0.4 is 10.6 Å². The molecule has 1 saturated heterocycles. The molecule has 0 unspecified atom stereocenters. The highest BCUT2D eigenvalue weighted by Gasteiger charge is 2.29. The molecule has 2 heterocycles. The summed E-state index contributed by atoms with van der Waals surface area (Å²) in [6.45, 7) is 2.50. The van der Waals surface area contributed by atoms with Gasteiger partial charge in [-0.1, -0.05) is 6.07 Å². The molecule has 0 radical (unpaired) electrons. The Morgan fingerprint density at radius 1 is 1.00 bits per heavy atom. The maximum atomic E-state index is 13.0. The molecule has 3 amide bonds. The average molecular weight is 404 g/mol. The normalized spacial score (nSPS) is 16.3. The van der Waals surface area contributed by atoms with Gasteiger partial charge in [-0.2, -0.15) is 0 Å². The second-order valence-electron chi connectivity index (χ2n) is 7.62. The SMILES string of the molecule is CC(=O)Nc1ccc(NC(=O)[C@H]2CCCN(C(=O)c3ccc4cc[nH]c4c3)C2)cc1. The maximum absolute atomic E-state index is 13.0. The van der Waals surface area contributed by atoms with Gasteiger partial charge in [-0.15, -0.1) is 0 Å². The van der Waals surface area contributed by atoms with Gasteiger partial charge in [-0.25, -0.2) is 0 Å². The number of fused-ring (bicyclic) bond motifs is 1. The highest BCUT2D eigenvalue weighted by molar-refractivity contribution is 5.99. The lowest BCUT2D eigenvalue weighted by Gasteiger charge is -2.32. The Morgan fingerprint density at radius 2 is 1.73 bits per heavy atom. The highest BCUT2D eigenvalue weighted by atomic mass is 16.2. The predicted molar refractivity (Wildman–Crippen MR) is 116 cm³/mol. The first-order chi connectivity index (χ1) is 14.5. The number of carbonyl (C=O) groups is 3. The number of nitrogens with zero attached hydrogens (tertiary/aromatic N) is 1. The highest BCUT2D eigenvalue weighted by Crippen LogP contribution is 2.22. The van der Waals surface area contributed by atoms with Crippen LogP contribution in [0.4, 0.5) is 11.4 Å². The average Bonchev–Trinajstić information content (AvgIpc) is 3.22. The van der Waals surface area contributed by atoms with Crippen LogP contribution in [0.15, 0.2) is 54.7 Å². The van der Waals surface area contributed by atoms with Crippen LogP contribution in [0.2, 0.25) is 0 Å². The number of carbonyl (C=O) groups excluding carboxylic acids is 3. The van der Waals surface area contributed by atoms with Crippen LogP contribution >= 0.6 is 0 Å². The number of anilines is 2. The van der Waals surface area contributed by atoms with Crippen molar-refractivity contribution >= 4 is 40.0 Å². The number of aromatic amines is 1. The summed E-state index contributed by atoms with van der Waals surface area (Å²) in [4.78, 5) is 41.7. The van der Waals surface area contributed by atoms with Gasteiger partial charge in [0, 0.05) is 48.7 Å². The number of hydrogen-bond donors (Lipinski definition) is 3. The van der Waals surface area contributed by atoms with E-state index in [-0.39, 0.29) is 23.6 Å². The van der Waals surface area contributed by atoms with E-state index < -0.39 is 0 Å². The van der Waals surface area contributed by atoms with Crippen molar-refractivity contribution in [2.75, 3.05) is 23.7 Å². The molecule has 7 heteroatoms. The minimum Gasteiger partial charge on any atom is -0.361 e. The largest absolute Gasteiger partial charge is 0.361 e. The Morgan fingerprint density at radius 3 is 2.47 bits per heavy atom. The smallest absolute Gasteiger partial charge is 0.253 e. The first-order valence-corrected chi connectivity index (χ1v) is 10.0. The first-order valence-electron chi connectivity index (χ1n) is 10.0. The minimum atomic E-state index is -0.257. The molecule has 1 atom stereocenters. The molecule has 0 spiro atoms. The Balaban J connectivity index is 1.39. The zero-order valence-electron chi connectivity index (χ0n) is 16.8. The number of piperidine rings is 1. The van der Waals surface area contributed by atoms with Crippen molar-refractivity contribution in [2.45, 2.75) is 19.8 Å². The molecular weight excluding hydrogens is 380 g/mol. The van der Waals surface area contributed by atoms with Crippen LogP contribution in [-0.2, 0) is 9.59 Å². The number of rotatable bonds is 4. The molecule has 4 rings (SSSR count). The van der Waals surface area contributed by atoms with E-state index in [1.807, 2.05) is 30.5 Å². The molecule has 0 aliphatic carbocycles. The van der Waals surface area contributed by atoms with E-state index in [4.69, 9.17) is 0 Å². The van der Waals surface area contributed by atoms with Crippen LogP contribution in [0.5, 0.6) is 0 Å². The van der Waals surface area contributed by atoms with Gasteiger partial charge in [0.25, 0.3) is 5.91 Å². The molecule has 3 aromatic rings. The van der Waals surface area contributed by atoms with E-state index >= 15 is 0 Å². The van der Waals surface area contributed by atoms with E-state index in [9.17, 15) is 14.4 Å². The second-order valence-corrected chi connectivity index (χ2v) is 7.62. The quantitative estimate of drug-likeness (QED) is 0.620. The van der Waals surface area contributed by atoms with E-state index in [2.05, 4.69) is 15.6 Å². The monoisotopic (exact) mass is 404 g/mol. The van der Waals surface area contributed by atoms with Crippen molar-refractivity contribution in [3.63, 3.8) is 0 Å². The van der Waals surface area contributed by atoms with E-state index in [0.29, 0.717) is 30.0 Å². The number of aromatic nitrogens is 1. The lowest BCUT2D eigenvalue weighted by Crippen LogP contribution is -2.43. The molecule has 1 aliphatic heterocycles. The number of H-pyrrole nitrogens is 1. The van der Waals surface area contributed by atoms with Gasteiger partial charge in [0.2, 0.25) is 11.8 Å². The number of hydrogen-bond acceptors (Lipinski definition) is 3. The molecule has 0 bridgehead atoms. The van der Waals surface area contributed by atoms with Gasteiger partial charge in [0.15, 0.2) is 0 Å². The fraction of sp³-hybridized carbons (Fsp3) is 0.261. The fourth-order valence-corrected chi connectivity index (χ4v) is 3.82. The van der Waals surface area contributed by atoms with Crippen LogP contribution in [0.3, 0.4) is 0 Å². The van der Waals surface area contributed by atoms with Gasteiger partial charge in [-0.3, -0.25) is 14.4 Å². The molecular formula is C23H24N4O3. The molecule has 1 aliphatic rings. The third-order valence-electron chi connectivity index (χ3n) is 5.35. The third kappa shape index (κ3) is 4.35. The summed E-state index contributed by atoms with van der Waals surface area (Å²) in [5.41, 5.74) is 2.89. The number of nitrogens with one attached hydrogen (secondary N) is 3. The number of benzene rings is 2. The van der Waals surface area contributed by atoms with E-state index in [0.717, 1.165) is 23.7 Å². The number of likely N-dealkylation sites (tertiary alicyclic amines) is 1. The Labute approximate surface area is 174 Å². The summed E-state index contributed by atoms with van der Waals surface area (Å²) in [5, 5.41) is 6.67. The van der Waals surface area contributed by atoms with E-state index in [1.54, 1.807) is 29.2 Å². The van der Waals surface area contributed by atoms with Crippen molar-refractivity contribution in [3.8, 4) is 0 Å². The molecule has 3 N–H and O–H groups in total. The second kappa shape index (κ2) is 8.41.